The molecule has 0 unspecified atom stereocenters. The van der Waals surface area contributed by atoms with Crippen molar-refractivity contribution in [3.05, 3.63) is 42.5 Å². The Morgan fingerprint density at radius 3 is 2.48 bits per heavy atom. The van der Waals surface area contributed by atoms with Gasteiger partial charge in [0.2, 0.25) is 5.91 Å². The van der Waals surface area contributed by atoms with Crippen molar-refractivity contribution in [2.24, 2.45) is 0 Å². The Bertz CT molecular complexity index is 534. The number of amides is 2. The molecule has 1 saturated carbocycles. The van der Waals surface area contributed by atoms with E-state index in [0.29, 0.717) is 18.2 Å². The van der Waals surface area contributed by atoms with Gasteiger partial charge in [-0.1, -0.05) is 25.3 Å². The maximum absolute atomic E-state index is 12.2. The number of carbonyl (C=O) groups is 2. The van der Waals surface area contributed by atoms with E-state index < -0.39 is 0 Å². The summed E-state index contributed by atoms with van der Waals surface area (Å²) >= 11 is 0. The lowest BCUT2D eigenvalue weighted by Gasteiger charge is -2.22. The van der Waals surface area contributed by atoms with E-state index in [1.165, 1.54) is 19.3 Å². The van der Waals surface area contributed by atoms with Crippen LogP contribution in [0.15, 0.2) is 36.9 Å². The molecule has 23 heavy (non-hydrogen) atoms. The average molecular weight is 315 g/mol. The number of anilines is 1. The third kappa shape index (κ3) is 5.77. The minimum Gasteiger partial charge on any atom is -0.376 e. The molecule has 1 aromatic carbocycles. The third-order valence-corrected chi connectivity index (χ3v) is 3.98. The summed E-state index contributed by atoms with van der Waals surface area (Å²) in [4.78, 5) is 23.7. The topological polar surface area (TPSA) is 70.2 Å². The van der Waals surface area contributed by atoms with Crippen molar-refractivity contribution in [3.63, 3.8) is 0 Å². The second kappa shape index (κ2) is 8.98. The Morgan fingerprint density at radius 1 is 1.13 bits per heavy atom. The summed E-state index contributed by atoms with van der Waals surface area (Å²) in [5.41, 5.74) is 1.46. The zero-order valence-electron chi connectivity index (χ0n) is 13.4. The monoisotopic (exact) mass is 315 g/mol. The number of hydrogen-bond donors (Lipinski definition) is 3. The van der Waals surface area contributed by atoms with Crippen molar-refractivity contribution >= 4 is 17.5 Å². The molecule has 1 aromatic rings. The molecule has 0 saturated heterocycles. The minimum atomic E-state index is -0.0935. The molecule has 1 fully saturated rings. The summed E-state index contributed by atoms with van der Waals surface area (Å²) in [6, 6.07) is 7.50. The first kappa shape index (κ1) is 17.1. The van der Waals surface area contributed by atoms with Gasteiger partial charge in [-0.3, -0.25) is 9.59 Å². The van der Waals surface area contributed by atoms with Crippen LogP contribution in [0, 0.1) is 0 Å². The van der Waals surface area contributed by atoms with Crippen LogP contribution in [0.5, 0.6) is 0 Å². The molecule has 1 aliphatic rings. The van der Waals surface area contributed by atoms with Crippen molar-refractivity contribution < 1.29 is 9.59 Å². The van der Waals surface area contributed by atoms with Crippen LogP contribution in [0.25, 0.3) is 0 Å². The Balaban J connectivity index is 1.80. The van der Waals surface area contributed by atoms with Crippen LogP contribution in [0.4, 0.5) is 5.69 Å². The summed E-state index contributed by atoms with van der Waals surface area (Å²) in [5.74, 6) is -0.115. The molecule has 0 aliphatic heterocycles. The van der Waals surface area contributed by atoms with Crippen LogP contribution < -0.4 is 16.0 Å². The van der Waals surface area contributed by atoms with Gasteiger partial charge in [-0.15, -0.1) is 6.58 Å². The van der Waals surface area contributed by atoms with Crippen LogP contribution in [0.2, 0.25) is 0 Å². The van der Waals surface area contributed by atoms with Gasteiger partial charge in [-0.05, 0) is 37.1 Å². The van der Waals surface area contributed by atoms with E-state index in [1.807, 2.05) is 12.1 Å². The van der Waals surface area contributed by atoms with Crippen LogP contribution >= 0.6 is 0 Å². The zero-order valence-corrected chi connectivity index (χ0v) is 13.4. The van der Waals surface area contributed by atoms with Crippen LogP contribution in [0.3, 0.4) is 0 Å². The molecule has 0 heterocycles. The molecule has 0 aromatic heterocycles. The molecule has 124 valence electrons. The quantitative estimate of drug-likeness (QED) is 0.677. The predicted molar refractivity (Wildman–Crippen MR) is 92.5 cm³/mol. The summed E-state index contributed by atoms with van der Waals surface area (Å²) in [6.45, 7) is 4.20. The van der Waals surface area contributed by atoms with Gasteiger partial charge in [0.25, 0.3) is 5.91 Å². The smallest absolute Gasteiger partial charge is 0.251 e. The van der Waals surface area contributed by atoms with Gasteiger partial charge >= 0.3 is 0 Å². The predicted octanol–water partition coefficient (Wildman–Crippen LogP) is 2.46. The second-order valence-electron chi connectivity index (χ2n) is 5.83. The number of rotatable bonds is 7. The number of nitrogens with one attached hydrogen (secondary N) is 3. The molecule has 1 aliphatic carbocycles. The Labute approximate surface area is 137 Å². The second-order valence-corrected chi connectivity index (χ2v) is 5.83. The van der Waals surface area contributed by atoms with Crippen molar-refractivity contribution in [2.45, 2.75) is 38.1 Å². The van der Waals surface area contributed by atoms with Gasteiger partial charge in [-0.25, -0.2) is 0 Å². The summed E-state index contributed by atoms with van der Waals surface area (Å²) in [6.07, 6.45) is 7.45. The Morgan fingerprint density at radius 2 is 1.83 bits per heavy atom. The highest BCUT2D eigenvalue weighted by Gasteiger charge is 2.16. The fraction of sp³-hybridized carbons (Fsp3) is 0.444. The maximum Gasteiger partial charge on any atom is 0.251 e. The van der Waals surface area contributed by atoms with Crippen molar-refractivity contribution in [1.29, 1.82) is 0 Å². The third-order valence-electron chi connectivity index (χ3n) is 3.98. The molecule has 0 bridgehead atoms. The lowest BCUT2D eigenvalue weighted by Crippen LogP contribution is -2.36. The number of benzene rings is 1. The van der Waals surface area contributed by atoms with E-state index in [4.69, 9.17) is 0 Å². The summed E-state index contributed by atoms with van der Waals surface area (Å²) in [5, 5.41) is 8.81. The SMILES string of the molecule is C=CCNC(=O)CNc1ccc(C(=O)NC2CCCCC2)cc1. The highest BCUT2D eigenvalue weighted by atomic mass is 16.2. The molecule has 0 atom stereocenters. The van der Waals surface area contributed by atoms with E-state index in [9.17, 15) is 9.59 Å². The van der Waals surface area contributed by atoms with E-state index in [2.05, 4.69) is 22.5 Å². The highest BCUT2D eigenvalue weighted by molar-refractivity contribution is 5.94. The molecule has 0 radical (unpaired) electrons. The van der Waals surface area contributed by atoms with E-state index >= 15 is 0 Å². The van der Waals surface area contributed by atoms with Crippen molar-refractivity contribution in [2.75, 3.05) is 18.4 Å². The molecule has 5 nitrogen and oxygen atoms in total. The molecule has 2 amide bonds. The first-order valence-electron chi connectivity index (χ1n) is 8.21. The normalized spacial score (nSPS) is 14.8. The number of hydrogen-bond acceptors (Lipinski definition) is 3. The largest absolute Gasteiger partial charge is 0.376 e. The fourth-order valence-electron chi connectivity index (χ4n) is 2.69. The van der Waals surface area contributed by atoms with E-state index in [-0.39, 0.29) is 18.4 Å². The highest BCUT2D eigenvalue weighted by Crippen LogP contribution is 2.18. The summed E-state index contributed by atoms with van der Waals surface area (Å²) < 4.78 is 0. The fourth-order valence-corrected chi connectivity index (χ4v) is 2.69. The minimum absolute atomic E-state index is 0.0211. The first-order chi connectivity index (χ1) is 11.2. The molecular formula is C18H25N3O2. The Kier molecular flexibility index (Phi) is 6.66. The van der Waals surface area contributed by atoms with Crippen LogP contribution in [-0.4, -0.2) is 30.9 Å². The molecular weight excluding hydrogens is 290 g/mol. The average Bonchev–Trinajstić information content (AvgIpc) is 2.59. The molecule has 5 heteroatoms. The van der Waals surface area contributed by atoms with Gasteiger partial charge in [0.1, 0.15) is 0 Å². The van der Waals surface area contributed by atoms with Crippen LogP contribution in [0.1, 0.15) is 42.5 Å². The van der Waals surface area contributed by atoms with Crippen molar-refractivity contribution in [1.82, 2.24) is 10.6 Å². The van der Waals surface area contributed by atoms with Gasteiger partial charge < -0.3 is 16.0 Å². The van der Waals surface area contributed by atoms with Gasteiger partial charge in [0.15, 0.2) is 0 Å². The lowest BCUT2D eigenvalue weighted by atomic mass is 9.95. The summed E-state index contributed by atoms with van der Waals surface area (Å²) in [7, 11) is 0. The lowest BCUT2D eigenvalue weighted by molar-refractivity contribution is -0.119. The van der Waals surface area contributed by atoms with Gasteiger partial charge in [0.05, 0.1) is 6.54 Å². The Hall–Kier alpha value is -2.30. The zero-order chi connectivity index (χ0) is 16.5. The van der Waals surface area contributed by atoms with Gasteiger partial charge in [0, 0.05) is 23.8 Å². The number of carbonyl (C=O) groups excluding carboxylic acids is 2. The van der Waals surface area contributed by atoms with Gasteiger partial charge in [-0.2, -0.15) is 0 Å². The molecule has 3 N–H and O–H groups in total. The molecule has 0 spiro atoms. The maximum atomic E-state index is 12.2. The van der Waals surface area contributed by atoms with E-state index in [1.54, 1.807) is 18.2 Å². The van der Waals surface area contributed by atoms with Crippen molar-refractivity contribution in [3.8, 4) is 0 Å². The first-order valence-corrected chi connectivity index (χ1v) is 8.21. The standard InChI is InChI=1S/C18H25N3O2/c1-2-12-19-17(22)13-20-15-10-8-14(9-11-15)18(23)21-16-6-4-3-5-7-16/h2,8-11,16,20H,1,3-7,12-13H2,(H,19,22)(H,21,23). The van der Waals surface area contributed by atoms with Crippen LogP contribution in [-0.2, 0) is 4.79 Å². The molecule has 2 rings (SSSR count). The van der Waals surface area contributed by atoms with E-state index in [0.717, 1.165) is 18.5 Å².